The second-order valence-electron chi connectivity index (χ2n) is 6.89. The smallest absolute Gasteiger partial charge is 0.270 e. The van der Waals surface area contributed by atoms with Gasteiger partial charge in [-0.15, -0.1) is 0 Å². The number of hydrogen-bond acceptors (Lipinski definition) is 2. The maximum absolute atomic E-state index is 13.0. The number of amides is 2. The zero-order valence-electron chi connectivity index (χ0n) is 15.1. The summed E-state index contributed by atoms with van der Waals surface area (Å²) < 4.78 is 13.0. The summed E-state index contributed by atoms with van der Waals surface area (Å²) in [5.74, 6) is -0.417. The Morgan fingerprint density at radius 2 is 1.64 bits per heavy atom. The number of fused-ring (bicyclic) bond motifs is 1. The quantitative estimate of drug-likeness (QED) is 0.733. The van der Waals surface area contributed by atoms with E-state index in [-0.39, 0.29) is 24.1 Å². The molecule has 1 aliphatic heterocycles. The zero-order chi connectivity index (χ0) is 19.7. The van der Waals surface area contributed by atoms with Gasteiger partial charge in [0.1, 0.15) is 11.5 Å². The second-order valence-corrected chi connectivity index (χ2v) is 7.33. The van der Waals surface area contributed by atoms with Crippen LogP contribution in [-0.4, -0.2) is 52.8 Å². The predicted molar refractivity (Wildman–Crippen MR) is 106 cm³/mol. The van der Waals surface area contributed by atoms with Crippen molar-refractivity contribution in [2.45, 2.75) is 6.42 Å². The molecule has 0 bridgehead atoms. The van der Waals surface area contributed by atoms with E-state index in [1.54, 1.807) is 34.1 Å². The Hall–Kier alpha value is -2.86. The molecule has 1 aromatic heterocycles. The van der Waals surface area contributed by atoms with Gasteiger partial charge in [0.05, 0.1) is 6.42 Å². The van der Waals surface area contributed by atoms with Crippen LogP contribution >= 0.6 is 11.6 Å². The number of benzene rings is 2. The minimum absolute atomic E-state index is 0.0149. The first kappa shape index (κ1) is 18.5. The molecule has 0 radical (unpaired) electrons. The van der Waals surface area contributed by atoms with Gasteiger partial charge in [-0.25, -0.2) is 4.39 Å². The molecule has 2 amide bonds. The Morgan fingerprint density at radius 1 is 0.964 bits per heavy atom. The van der Waals surface area contributed by atoms with Crippen LogP contribution in [0.3, 0.4) is 0 Å². The number of aromatic amines is 1. The lowest BCUT2D eigenvalue weighted by Gasteiger charge is -2.34. The molecule has 7 heteroatoms. The summed E-state index contributed by atoms with van der Waals surface area (Å²) in [5.41, 5.74) is 2.16. The van der Waals surface area contributed by atoms with Gasteiger partial charge in [0.25, 0.3) is 5.91 Å². The highest BCUT2D eigenvalue weighted by molar-refractivity contribution is 6.31. The van der Waals surface area contributed by atoms with E-state index in [9.17, 15) is 14.0 Å². The maximum Gasteiger partial charge on any atom is 0.270 e. The number of H-pyrrole nitrogens is 1. The van der Waals surface area contributed by atoms with Gasteiger partial charge in [-0.3, -0.25) is 9.59 Å². The molecule has 28 heavy (non-hydrogen) atoms. The van der Waals surface area contributed by atoms with Gasteiger partial charge in [-0.2, -0.15) is 0 Å². The van der Waals surface area contributed by atoms with E-state index >= 15 is 0 Å². The molecule has 2 aromatic carbocycles. The van der Waals surface area contributed by atoms with E-state index in [4.69, 9.17) is 11.6 Å². The topological polar surface area (TPSA) is 56.4 Å². The largest absolute Gasteiger partial charge is 0.351 e. The van der Waals surface area contributed by atoms with Crippen LogP contribution in [-0.2, 0) is 11.2 Å². The summed E-state index contributed by atoms with van der Waals surface area (Å²) in [6.07, 6.45) is 0.233. The van der Waals surface area contributed by atoms with Crippen molar-refractivity contribution in [2.75, 3.05) is 26.2 Å². The van der Waals surface area contributed by atoms with Crippen LogP contribution in [0.1, 0.15) is 16.1 Å². The van der Waals surface area contributed by atoms with Crippen LogP contribution in [0.25, 0.3) is 10.9 Å². The number of aromatic nitrogens is 1. The Bertz CT molecular complexity index is 1020. The molecule has 1 saturated heterocycles. The van der Waals surface area contributed by atoms with Crippen molar-refractivity contribution in [3.05, 3.63) is 70.6 Å². The minimum Gasteiger partial charge on any atom is -0.351 e. The standard InChI is InChI=1S/C21H19ClFN3O2/c22-16-3-6-18-15(12-16)13-19(24-18)21(28)26-9-7-25(8-10-26)20(27)11-14-1-4-17(23)5-2-14/h1-6,12-13,24H,7-11H2. The molecule has 0 saturated carbocycles. The third-order valence-corrected chi connectivity index (χ3v) is 5.24. The first-order valence-corrected chi connectivity index (χ1v) is 9.47. The highest BCUT2D eigenvalue weighted by Crippen LogP contribution is 2.21. The Labute approximate surface area is 166 Å². The average molecular weight is 400 g/mol. The highest BCUT2D eigenvalue weighted by Gasteiger charge is 2.25. The van der Waals surface area contributed by atoms with Crippen LogP contribution in [0.5, 0.6) is 0 Å². The third-order valence-electron chi connectivity index (χ3n) is 5.00. The van der Waals surface area contributed by atoms with Crippen molar-refractivity contribution in [3.8, 4) is 0 Å². The monoisotopic (exact) mass is 399 g/mol. The number of hydrogen-bond donors (Lipinski definition) is 1. The van der Waals surface area contributed by atoms with Gasteiger partial charge in [0.2, 0.25) is 5.91 Å². The van der Waals surface area contributed by atoms with Crippen molar-refractivity contribution in [1.82, 2.24) is 14.8 Å². The molecular weight excluding hydrogens is 381 g/mol. The van der Waals surface area contributed by atoms with E-state index in [0.29, 0.717) is 36.9 Å². The van der Waals surface area contributed by atoms with Gasteiger partial charge in [0.15, 0.2) is 0 Å². The molecule has 0 aliphatic carbocycles. The fourth-order valence-corrected chi connectivity index (χ4v) is 3.62. The number of piperazine rings is 1. The minimum atomic E-state index is -0.317. The zero-order valence-corrected chi connectivity index (χ0v) is 15.9. The molecule has 0 spiro atoms. The van der Waals surface area contributed by atoms with Crippen molar-refractivity contribution >= 4 is 34.3 Å². The molecule has 144 valence electrons. The van der Waals surface area contributed by atoms with Gasteiger partial charge in [-0.05, 0) is 42.0 Å². The third kappa shape index (κ3) is 3.87. The summed E-state index contributed by atoms with van der Waals surface area (Å²) in [6, 6.07) is 13.2. The summed E-state index contributed by atoms with van der Waals surface area (Å²) >= 11 is 6.00. The molecular formula is C21H19ClFN3O2. The van der Waals surface area contributed by atoms with E-state index < -0.39 is 0 Å². The van der Waals surface area contributed by atoms with Crippen LogP contribution in [0.2, 0.25) is 5.02 Å². The van der Waals surface area contributed by atoms with Crippen molar-refractivity contribution in [3.63, 3.8) is 0 Å². The van der Waals surface area contributed by atoms with Crippen LogP contribution in [0, 0.1) is 5.82 Å². The predicted octanol–water partition coefficient (Wildman–Crippen LogP) is 3.49. The lowest BCUT2D eigenvalue weighted by atomic mass is 10.1. The molecule has 3 aromatic rings. The number of halogens is 2. The molecule has 5 nitrogen and oxygen atoms in total. The number of nitrogens with zero attached hydrogens (tertiary/aromatic N) is 2. The lowest BCUT2D eigenvalue weighted by molar-refractivity contribution is -0.131. The highest BCUT2D eigenvalue weighted by atomic mass is 35.5. The van der Waals surface area contributed by atoms with Crippen molar-refractivity contribution < 1.29 is 14.0 Å². The summed E-state index contributed by atoms with van der Waals surface area (Å²) in [6.45, 7) is 1.92. The van der Waals surface area contributed by atoms with E-state index in [2.05, 4.69) is 4.98 Å². The van der Waals surface area contributed by atoms with Gasteiger partial charge < -0.3 is 14.8 Å². The van der Waals surface area contributed by atoms with Crippen LogP contribution in [0.15, 0.2) is 48.5 Å². The molecule has 2 heterocycles. The normalized spacial score (nSPS) is 14.5. The van der Waals surface area contributed by atoms with Gasteiger partial charge in [-0.1, -0.05) is 23.7 Å². The first-order valence-electron chi connectivity index (χ1n) is 9.09. The van der Waals surface area contributed by atoms with E-state index in [1.165, 1.54) is 12.1 Å². The summed E-state index contributed by atoms with van der Waals surface area (Å²) in [4.78, 5) is 31.9. The van der Waals surface area contributed by atoms with Crippen molar-refractivity contribution in [1.29, 1.82) is 0 Å². The van der Waals surface area contributed by atoms with Crippen LogP contribution in [0.4, 0.5) is 4.39 Å². The fraction of sp³-hybridized carbons (Fsp3) is 0.238. The Morgan fingerprint density at radius 3 is 2.36 bits per heavy atom. The van der Waals surface area contributed by atoms with Gasteiger partial charge >= 0.3 is 0 Å². The maximum atomic E-state index is 13.0. The number of carbonyl (C=O) groups is 2. The van der Waals surface area contributed by atoms with E-state index in [1.807, 2.05) is 12.1 Å². The second kappa shape index (κ2) is 7.64. The molecule has 0 atom stereocenters. The first-order chi connectivity index (χ1) is 13.5. The van der Waals surface area contributed by atoms with Crippen LogP contribution < -0.4 is 0 Å². The average Bonchev–Trinajstić information content (AvgIpc) is 3.12. The Kier molecular flexibility index (Phi) is 5.05. The number of rotatable bonds is 3. The molecule has 1 aliphatic rings. The Balaban J connectivity index is 1.36. The lowest BCUT2D eigenvalue weighted by Crippen LogP contribution is -2.51. The SMILES string of the molecule is O=C(Cc1ccc(F)cc1)N1CCN(C(=O)c2cc3cc(Cl)ccc3[nH]2)CC1. The summed E-state index contributed by atoms with van der Waals surface area (Å²) in [7, 11) is 0. The van der Waals surface area contributed by atoms with Gasteiger partial charge in [0, 0.05) is 42.1 Å². The van der Waals surface area contributed by atoms with Crippen molar-refractivity contribution in [2.24, 2.45) is 0 Å². The summed E-state index contributed by atoms with van der Waals surface area (Å²) in [5, 5.41) is 1.52. The molecule has 0 unspecified atom stereocenters. The number of nitrogens with one attached hydrogen (secondary N) is 1. The molecule has 4 rings (SSSR count). The molecule has 1 N–H and O–H groups in total. The van der Waals surface area contributed by atoms with E-state index in [0.717, 1.165) is 16.5 Å². The number of carbonyl (C=O) groups excluding carboxylic acids is 2. The fourth-order valence-electron chi connectivity index (χ4n) is 3.44. The molecule has 1 fully saturated rings.